The summed E-state index contributed by atoms with van der Waals surface area (Å²) in [7, 11) is 0. The maximum atomic E-state index is 13.5. The Bertz CT molecular complexity index is 420. The van der Waals surface area contributed by atoms with Crippen LogP contribution in [0.3, 0.4) is 0 Å². The third kappa shape index (κ3) is 2.15. The van der Waals surface area contributed by atoms with E-state index in [1.807, 2.05) is 0 Å². The summed E-state index contributed by atoms with van der Waals surface area (Å²) in [4.78, 5) is 13.1. The second-order valence-electron chi connectivity index (χ2n) is 4.23. The van der Waals surface area contributed by atoms with Crippen molar-refractivity contribution in [1.82, 2.24) is 4.90 Å². The molecule has 1 saturated heterocycles. The van der Waals surface area contributed by atoms with Crippen LogP contribution in [0.5, 0.6) is 0 Å². The Labute approximate surface area is 97.7 Å². The number of likely N-dealkylation sites (tertiary alicyclic amines) is 1. The van der Waals surface area contributed by atoms with Crippen LogP contribution in [-0.2, 0) is 0 Å². The fourth-order valence-electron chi connectivity index (χ4n) is 1.97. The molecule has 2 rings (SSSR count). The van der Waals surface area contributed by atoms with Crippen LogP contribution in [-0.4, -0.2) is 41.3 Å². The van der Waals surface area contributed by atoms with Crippen LogP contribution in [0.2, 0.25) is 0 Å². The van der Waals surface area contributed by atoms with Crippen molar-refractivity contribution in [2.24, 2.45) is 0 Å². The van der Waals surface area contributed by atoms with E-state index >= 15 is 0 Å². The summed E-state index contributed by atoms with van der Waals surface area (Å²) in [6.45, 7) is 1.34. The molecule has 0 aromatic heterocycles. The van der Waals surface area contributed by atoms with Gasteiger partial charge in [0, 0.05) is 6.54 Å². The molecular weight excluding hydrogens is 228 g/mol. The number of benzene rings is 1. The lowest BCUT2D eigenvalue weighted by atomic mass is 10.1. The zero-order valence-corrected chi connectivity index (χ0v) is 9.36. The number of aliphatic hydroxyl groups is 1. The molecule has 2 atom stereocenters. The summed E-state index contributed by atoms with van der Waals surface area (Å²) in [6, 6.07) is 4.33. The van der Waals surface area contributed by atoms with Crippen molar-refractivity contribution in [1.29, 1.82) is 0 Å². The lowest BCUT2D eigenvalue weighted by Crippen LogP contribution is -2.31. The monoisotopic (exact) mass is 241 g/mol. The normalized spacial score (nSPS) is 24.1. The van der Waals surface area contributed by atoms with Gasteiger partial charge >= 0.3 is 0 Å². The largest absolute Gasteiger partial charge is 0.388 e. The van der Waals surface area contributed by atoms with Crippen molar-refractivity contribution in [2.45, 2.75) is 19.2 Å². The third-order valence-electron chi connectivity index (χ3n) is 2.94. The number of nitrogens with zero attached hydrogens (tertiary/aromatic N) is 1. The number of carbonyl (C=O) groups excluding carboxylic acids is 1. The highest BCUT2D eigenvalue weighted by Gasteiger charge is 2.35. The third-order valence-corrected chi connectivity index (χ3v) is 2.94. The standard InChI is InChI=1S/C12H13F2NO2/c1-7-3-2-4-8(13)11(7)12(17)15-5-9(14)10(16)6-15/h2-4,9-10,16H,5-6H2,1H3/t9-,10-/m1/s1. The predicted molar refractivity (Wildman–Crippen MR) is 57.9 cm³/mol. The van der Waals surface area contributed by atoms with Gasteiger partial charge in [-0.15, -0.1) is 0 Å². The maximum absolute atomic E-state index is 13.5. The summed E-state index contributed by atoms with van der Waals surface area (Å²) < 4.78 is 26.7. The van der Waals surface area contributed by atoms with Crippen LogP contribution >= 0.6 is 0 Å². The Morgan fingerprint density at radius 2 is 2.18 bits per heavy atom. The predicted octanol–water partition coefficient (Wildman–Crippen LogP) is 1.29. The summed E-state index contributed by atoms with van der Waals surface area (Å²) in [5.74, 6) is -1.19. The van der Waals surface area contributed by atoms with Gasteiger partial charge in [-0.3, -0.25) is 4.79 Å². The summed E-state index contributed by atoms with van der Waals surface area (Å²) in [5, 5.41) is 9.24. The number of alkyl halides is 1. The summed E-state index contributed by atoms with van der Waals surface area (Å²) in [6.07, 6.45) is -2.63. The highest BCUT2D eigenvalue weighted by molar-refractivity contribution is 5.96. The van der Waals surface area contributed by atoms with Gasteiger partial charge in [0.15, 0.2) is 0 Å². The van der Waals surface area contributed by atoms with Crippen LogP contribution in [0.4, 0.5) is 8.78 Å². The first-order chi connectivity index (χ1) is 8.00. The molecule has 1 heterocycles. The average Bonchev–Trinajstić information content (AvgIpc) is 2.59. The number of β-amino-alcohol motifs (C(OH)–C–C–N with tert-alkyl or cyclic N) is 1. The highest BCUT2D eigenvalue weighted by Crippen LogP contribution is 2.20. The molecule has 1 aliphatic heterocycles. The molecule has 0 saturated carbocycles. The van der Waals surface area contributed by atoms with E-state index in [0.29, 0.717) is 5.56 Å². The molecule has 0 unspecified atom stereocenters. The molecule has 5 heteroatoms. The number of hydrogen-bond acceptors (Lipinski definition) is 2. The molecule has 17 heavy (non-hydrogen) atoms. The molecule has 3 nitrogen and oxygen atoms in total. The molecular formula is C12H13F2NO2. The SMILES string of the molecule is Cc1cccc(F)c1C(=O)N1C[C@@H](O)[C@H](F)C1. The number of aliphatic hydroxyl groups excluding tert-OH is 1. The van der Waals surface area contributed by atoms with E-state index in [4.69, 9.17) is 0 Å². The Morgan fingerprint density at radius 3 is 2.71 bits per heavy atom. The smallest absolute Gasteiger partial charge is 0.257 e. The van der Waals surface area contributed by atoms with E-state index in [0.717, 1.165) is 4.90 Å². The fourth-order valence-corrected chi connectivity index (χ4v) is 1.97. The van der Waals surface area contributed by atoms with Crippen molar-refractivity contribution in [2.75, 3.05) is 13.1 Å². The number of hydrogen-bond donors (Lipinski definition) is 1. The number of rotatable bonds is 1. The Balaban J connectivity index is 2.27. The number of amides is 1. The zero-order valence-electron chi connectivity index (χ0n) is 9.36. The highest BCUT2D eigenvalue weighted by atomic mass is 19.1. The second kappa shape index (κ2) is 4.41. The van der Waals surface area contributed by atoms with Gasteiger partial charge in [-0.1, -0.05) is 12.1 Å². The molecule has 1 aromatic carbocycles. The van der Waals surface area contributed by atoms with E-state index in [2.05, 4.69) is 0 Å². The van der Waals surface area contributed by atoms with Crippen molar-refractivity contribution in [3.8, 4) is 0 Å². The molecule has 1 aromatic rings. The first kappa shape index (κ1) is 12.0. The Hall–Kier alpha value is -1.49. The molecule has 0 spiro atoms. The van der Waals surface area contributed by atoms with Gasteiger partial charge in [0.1, 0.15) is 18.1 Å². The van der Waals surface area contributed by atoms with Crippen LogP contribution in [0.1, 0.15) is 15.9 Å². The van der Waals surface area contributed by atoms with Crippen LogP contribution in [0.25, 0.3) is 0 Å². The molecule has 0 radical (unpaired) electrons. The minimum atomic E-state index is -1.45. The van der Waals surface area contributed by atoms with E-state index in [-0.39, 0.29) is 18.7 Å². The summed E-state index contributed by atoms with van der Waals surface area (Å²) in [5.41, 5.74) is 0.459. The minimum Gasteiger partial charge on any atom is -0.388 e. The van der Waals surface area contributed by atoms with Gasteiger partial charge in [-0.2, -0.15) is 0 Å². The van der Waals surface area contributed by atoms with E-state index in [1.54, 1.807) is 13.0 Å². The minimum absolute atomic E-state index is 0.0474. The van der Waals surface area contributed by atoms with Crippen LogP contribution < -0.4 is 0 Å². The number of aryl methyl sites for hydroxylation is 1. The first-order valence-electron chi connectivity index (χ1n) is 5.37. The topological polar surface area (TPSA) is 40.5 Å². The molecule has 1 fully saturated rings. The average molecular weight is 241 g/mol. The van der Waals surface area contributed by atoms with E-state index in [1.165, 1.54) is 12.1 Å². The second-order valence-corrected chi connectivity index (χ2v) is 4.23. The van der Waals surface area contributed by atoms with Gasteiger partial charge in [-0.05, 0) is 18.6 Å². The molecule has 92 valence electrons. The van der Waals surface area contributed by atoms with Crippen LogP contribution in [0.15, 0.2) is 18.2 Å². The maximum Gasteiger partial charge on any atom is 0.257 e. The van der Waals surface area contributed by atoms with Crippen molar-refractivity contribution < 1.29 is 18.7 Å². The zero-order chi connectivity index (χ0) is 12.6. The molecule has 0 aliphatic carbocycles. The summed E-state index contributed by atoms with van der Waals surface area (Å²) >= 11 is 0. The van der Waals surface area contributed by atoms with Gasteiger partial charge in [0.25, 0.3) is 5.91 Å². The fraction of sp³-hybridized carbons (Fsp3) is 0.417. The van der Waals surface area contributed by atoms with Crippen molar-refractivity contribution in [3.05, 3.63) is 35.1 Å². The quantitative estimate of drug-likeness (QED) is 0.804. The van der Waals surface area contributed by atoms with E-state index < -0.39 is 24.0 Å². The number of halogens is 2. The van der Waals surface area contributed by atoms with Crippen LogP contribution in [0, 0.1) is 12.7 Å². The molecule has 1 N–H and O–H groups in total. The lowest BCUT2D eigenvalue weighted by Gasteiger charge is -2.16. The Morgan fingerprint density at radius 1 is 1.47 bits per heavy atom. The molecule has 1 aliphatic rings. The van der Waals surface area contributed by atoms with Gasteiger partial charge < -0.3 is 10.0 Å². The lowest BCUT2D eigenvalue weighted by molar-refractivity contribution is 0.0759. The Kier molecular flexibility index (Phi) is 3.11. The first-order valence-corrected chi connectivity index (χ1v) is 5.37. The number of carbonyl (C=O) groups is 1. The van der Waals surface area contributed by atoms with E-state index in [9.17, 15) is 18.7 Å². The van der Waals surface area contributed by atoms with Crippen molar-refractivity contribution in [3.63, 3.8) is 0 Å². The van der Waals surface area contributed by atoms with Gasteiger partial charge in [0.2, 0.25) is 0 Å². The molecule has 0 bridgehead atoms. The molecule has 1 amide bonds. The van der Waals surface area contributed by atoms with Gasteiger partial charge in [0.05, 0.1) is 12.1 Å². The van der Waals surface area contributed by atoms with Crippen molar-refractivity contribution >= 4 is 5.91 Å². The van der Waals surface area contributed by atoms with Gasteiger partial charge in [-0.25, -0.2) is 8.78 Å².